The number of nitro groups is 2. The zero-order chi connectivity index (χ0) is 23.1. The molecule has 3 aromatic rings. The van der Waals surface area contributed by atoms with Gasteiger partial charge < -0.3 is 9.44 Å². The Kier molecular flexibility index (Phi) is 7.41. The highest BCUT2D eigenvalue weighted by atomic mass is 32.2. The SMILES string of the molecule is O=C(SNc1ccc([N+](=O)[O-])cc1)c1ccc(C(=O)SNc2ccc([N+](=O)[O-])cc2)cc1. The number of hydrogen-bond donors (Lipinski definition) is 2. The normalized spacial score (nSPS) is 10.2. The summed E-state index contributed by atoms with van der Waals surface area (Å²) in [4.78, 5) is 44.9. The maximum Gasteiger partial charge on any atom is 0.269 e. The van der Waals surface area contributed by atoms with Gasteiger partial charge in [-0.25, -0.2) is 0 Å². The summed E-state index contributed by atoms with van der Waals surface area (Å²) in [6.45, 7) is 0. The maximum absolute atomic E-state index is 12.3. The van der Waals surface area contributed by atoms with Crippen LogP contribution >= 0.6 is 23.9 Å². The molecule has 0 saturated heterocycles. The number of anilines is 2. The molecule has 0 aliphatic carbocycles. The molecule has 0 heterocycles. The second-order valence-electron chi connectivity index (χ2n) is 6.17. The van der Waals surface area contributed by atoms with Crippen molar-refractivity contribution in [1.29, 1.82) is 0 Å². The molecule has 3 aromatic carbocycles. The standard InChI is InChI=1S/C20H14N4O6S2/c25-19(31-21-15-5-9-17(10-6-15)23(27)28)13-1-2-14(4-3-13)20(26)32-22-16-7-11-18(12-8-16)24(29)30/h1-12,21-22H. The van der Waals surface area contributed by atoms with Crippen LogP contribution in [0, 0.1) is 20.2 Å². The summed E-state index contributed by atoms with van der Waals surface area (Å²) in [6.07, 6.45) is 0. The average molecular weight is 470 g/mol. The fraction of sp³-hybridized carbons (Fsp3) is 0. The Bertz CT molecular complexity index is 1060. The lowest BCUT2D eigenvalue weighted by Crippen LogP contribution is -2.01. The number of non-ortho nitro benzene ring substituents is 2. The highest BCUT2D eigenvalue weighted by Crippen LogP contribution is 2.23. The number of nitrogens with zero attached hydrogens (tertiary/aromatic N) is 2. The highest BCUT2D eigenvalue weighted by molar-refractivity contribution is 8.15. The van der Waals surface area contributed by atoms with Crippen molar-refractivity contribution >= 4 is 56.9 Å². The summed E-state index contributed by atoms with van der Waals surface area (Å²) in [5, 5.41) is 20.7. The first-order chi connectivity index (χ1) is 15.3. The third-order valence-corrected chi connectivity index (χ3v) is 5.55. The molecule has 0 saturated carbocycles. The number of nitro benzene ring substituents is 2. The van der Waals surface area contributed by atoms with Gasteiger partial charge in [0.25, 0.3) is 11.4 Å². The number of benzene rings is 3. The molecule has 0 amide bonds. The molecule has 0 unspecified atom stereocenters. The largest absolute Gasteiger partial charge is 0.323 e. The minimum atomic E-state index is -0.509. The number of nitrogens with one attached hydrogen (secondary N) is 2. The molecule has 0 atom stereocenters. The molecule has 0 spiro atoms. The predicted molar refractivity (Wildman–Crippen MR) is 124 cm³/mol. The highest BCUT2D eigenvalue weighted by Gasteiger charge is 2.12. The quantitative estimate of drug-likeness (QED) is 0.252. The van der Waals surface area contributed by atoms with E-state index in [4.69, 9.17) is 0 Å². The zero-order valence-corrected chi connectivity index (χ0v) is 17.7. The second kappa shape index (κ2) is 10.4. The van der Waals surface area contributed by atoms with E-state index in [-0.39, 0.29) is 21.6 Å². The summed E-state index contributed by atoms with van der Waals surface area (Å²) in [5.74, 6) is 0. The van der Waals surface area contributed by atoms with E-state index in [2.05, 4.69) is 9.44 Å². The number of carbonyl (C=O) groups is 2. The molecule has 12 heteroatoms. The number of rotatable bonds is 8. The molecule has 0 bridgehead atoms. The van der Waals surface area contributed by atoms with Gasteiger partial charge >= 0.3 is 0 Å². The maximum atomic E-state index is 12.3. The van der Waals surface area contributed by atoms with Gasteiger partial charge in [-0.3, -0.25) is 29.8 Å². The predicted octanol–water partition coefficient (Wildman–Crippen LogP) is 5.30. The lowest BCUT2D eigenvalue weighted by atomic mass is 10.2. The molecular formula is C20H14N4O6S2. The van der Waals surface area contributed by atoms with Crippen molar-refractivity contribution < 1.29 is 19.4 Å². The van der Waals surface area contributed by atoms with Gasteiger partial charge in [0.05, 0.1) is 9.85 Å². The molecule has 2 N–H and O–H groups in total. The van der Waals surface area contributed by atoms with Crippen LogP contribution in [0.25, 0.3) is 0 Å². The van der Waals surface area contributed by atoms with Crippen LogP contribution in [0.2, 0.25) is 0 Å². The van der Waals surface area contributed by atoms with Crippen molar-refractivity contribution in [3.8, 4) is 0 Å². The minimum absolute atomic E-state index is 0.0481. The van der Waals surface area contributed by atoms with Gasteiger partial charge in [-0.05, 0) is 48.5 Å². The van der Waals surface area contributed by atoms with E-state index in [1.807, 2.05) is 0 Å². The topological polar surface area (TPSA) is 144 Å². The van der Waals surface area contributed by atoms with Crippen LogP contribution in [-0.2, 0) is 0 Å². The van der Waals surface area contributed by atoms with Gasteiger partial charge in [0.15, 0.2) is 0 Å². The van der Waals surface area contributed by atoms with Crippen LogP contribution in [0.15, 0.2) is 72.8 Å². The van der Waals surface area contributed by atoms with E-state index in [0.717, 1.165) is 23.9 Å². The van der Waals surface area contributed by atoms with Gasteiger partial charge in [-0.1, -0.05) is 0 Å². The van der Waals surface area contributed by atoms with E-state index in [1.54, 1.807) is 0 Å². The Morgan fingerprint density at radius 1 is 0.594 bits per heavy atom. The van der Waals surface area contributed by atoms with Crippen LogP contribution in [-0.4, -0.2) is 20.1 Å². The van der Waals surface area contributed by atoms with Crippen LogP contribution in [0.3, 0.4) is 0 Å². The van der Waals surface area contributed by atoms with Crippen LogP contribution in [0.4, 0.5) is 22.7 Å². The molecule has 0 radical (unpaired) electrons. The van der Waals surface area contributed by atoms with Gasteiger partial charge in [0.1, 0.15) is 0 Å². The van der Waals surface area contributed by atoms with Crippen molar-refractivity contribution in [1.82, 2.24) is 0 Å². The summed E-state index contributed by atoms with van der Waals surface area (Å²) in [6, 6.07) is 17.4. The van der Waals surface area contributed by atoms with Gasteiger partial charge in [0.2, 0.25) is 10.2 Å². The smallest absolute Gasteiger partial charge is 0.269 e. The average Bonchev–Trinajstić information content (AvgIpc) is 2.81. The van der Waals surface area contributed by atoms with E-state index in [0.29, 0.717) is 22.5 Å². The first-order valence-electron chi connectivity index (χ1n) is 8.87. The molecule has 32 heavy (non-hydrogen) atoms. The Morgan fingerprint density at radius 2 is 0.906 bits per heavy atom. The molecule has 0 fully saturated rings. The van der Waals surface area contributed by atoms with E-state index < -0.39 is 9.85 Å². The minimum Gasteiger partial charge on any atom is -0.323 e. The van der Waals surface area contributed by atoms with E-state index in [9.17, 15) is 29.8 Å². The third kappa shape index (κ3) is 6.06. The summed E-state index contributed by atoms with van der Waals surface area (Å²) < 4.78 is 5.63. The van der Waals surface area contributed by atoms with Crippen LogP contribution in [0.5, 0.6) is 0 Å². The Hall–Kier alpha value is -3.90. The Morgan fingerprint density at radius 3 is 1.19 bits per heavy atom. The molecule has 3 rings (SSSR count). The van der Waals surface area contributed by atoms with Crippen molar-refractivity contribution in [2.75, 3.05) is 9.44 Å². The first kappa shape index (κ1) is 22.8. The Labute approximate surface area is 190 Å². The van der Waals surface area contributed by atoms with Crippen molar-refractivity contribution in [2.45, 2.75) is 0 Å². The molecule has 162 valence electrons. The van der Waals surface area contributed by atoms with E-state index >= 15 is 0 Å². The summed E-state index contributed by atoms with van der Waals surface area (Å²) >= 11 is 1.63. The zero-order valence-electron chi connectivity index (χ0n) is 16.1. The van der Waals surface area contributed by atoms with Gasteiger partial charge in [0, 0.05) is 70.7 Å². The second-order valence-corrected chi connectivity index (χ2v) is 7.73. The molecule has 10 nitrogen and oxygen atoms in total. The summed E-state index contributed by atoms with van der Waals surface area (Å²) in [5.41, 5.74) is 1.72. The van der Waals surface area contributed by atoms with Crippen molar-refractivity contribution in [3.63, 3.8) is 0 Å². The molecule has 0 aromatic heterocycles. The Balaban J connectivity index is 1.51. The third-order valence-electron chi connectivity index (χ3n) is 4.04. The van der Waals surface area contributed by atoms with Crippen molar-refractivity contribution in [3.05, 3.63) is 104 Å². The molecule has 0 aliphatic heterocycles. The summed E-state index contributed by atoms with van der Waals surface area (Å²) in [7, 11) is 0. The monoisotopic (exact) mass is 470 g/mol. The van der Waals surface area contributed by atoms with Crippen molar-refractivity contribution in [2.24, 2.45) is 0 Å². The van der Waals surface area contributed by atoms with Gasteiger partial charge in [-0.2, -0.15) is 0 Å². The number of carbonyl (C=O) groups excluding carboxylic acids is 2. The fourth-order valence-corrected chi connectivity index (χ4v) is 3.57. The van der Waals surface area contributed by atoms with Crippen LogP contribution < -0.4 is 9.44 Å². The lowest BCUT2D eigenvalue weighted by molar-refractivity contribution is -0.385. The lowest BCUT2D eigenvalue weighted by Gasteiger charge is -2.06. The molecule has 0 aliphatic rings. The van der Waals surface area contributed by atoms with Crippen LogP contribution in [0.1, 0.15) is 20.7 Å². The van der Waals surface area contributed by atoms with Gasteiger partial charge in [-0.15, -0.1) is 0 Å². The number of hydrogen-bond acceptors (Lipinski definition) is 10. The fourth-order valence-electron chi connectivity index (χ4n) is 2.37. The first-order valence-corrected chi connectivity index (χ1v) is 10.5. The van der Waals surface area contributed by atoms with E-state index in [1.165, 1.54) is 72.8 Å². The molecular weight excluding hydrogens is 456 g/mol.